The Balaban J connectivity index is 1.56. The molecule has 2 unspecified atom stereocenters. The van der Waals surface area contributed by atoms with E-state index in [1.807, 2.05) is 18.2 Å². The van der Waals surface area contributed by atoms with Gasteiger partial charge in [-0.3, -0.25) is 14.9 Å². The average Bonchev–Trinajstić information content (AvgIpc) is 3.07. The molecule has 1 aromatic heterocycles. The molecular weight excluding hydrogens is 404 g/mol. The zero-order valence-corrected chi connectivity index (χ0v) is 18.5. The fraction of sp³-hybridized carbons (Fsp3) is 0.400. The molecule has 5 rings (SSSR count). The molecule has 32 heavy (non-hydrogen) atoms. The average molecular weight is 431 g/mol. The summed E-state index contributed by atoms with van der Waals surface area (Å²) in [5, 5.41) is 14.4. The number of benzene rings is 2. The van der Waals surface area contributed by atoms with Crippen molar-refractivity contribution in [3.63, 3.8) is 0 Å². The first-order chi connectivity index (χ1) is 15.2. The first-order valence-electron chi connectivity index (χ1n) is 11.0. The molecule has 2 aliphatic carbocycles. The number of nitro benzene ring substituents is 1. The fourth-order valence-electron chi connectivity index (χ4n) is 5.82. The Hall–Kier alpha value is -3.35. The highest BCUT2D eigenvalue weighted by Crippen LogP contribution is 2.70. The molecule has 2 aromatic carbocycles. The second-order valence-corrected chi connectivity index (χ2v) is 9.70. The van der Waals surface area contributed by atoms with Crippen molar-refractivity contribution in [1.82, 2.24) is 15.3 Å². The number of nitrogens with zero attached hydrogens (tertiary/aromatic N) is 3. The van der Waals surface area contributed by atoms with E-state index in [2.05, 4.69) is 38.2 Å². The molecule has 164 valence electrons. The summed E-state index contributed by atoms with van der Waals surface area (Å²) in [6, 6.07) is 14.6. The van der Waals surface area contributed by atoms with E-state index in [9.17, 15) is 14.9 Å². The summed E-state index contributed by atoms with van der Waals surface area (Å²) in [4.78, 5) is 34.3. The van der Waals surface area contributed by atoms with Gasteiger partial charge in [0.1, 0.15) is 0 Å². The van der Waals surface area contributed by atoms with Gasteiger partial charge in [-0.05, 0) is 36.3 Å². The number of rotatable bonds is 5. The van der Waals surface area contributed by atoms with Crippen molar-refractivity contribution in [2.45, 2.75) is 50.9 Å². The van der Waals surface area contributed by atoms with Gasteiger partial charge in [0.2, 0.25) is 5.91 Å². The van der Waals surface area contributed by atoms with Crippen LogP contribution in [0.5, 0.6) is 0 Å². The van der Waals surface area contributed by atoms with E-state index in [4.69, 9.17) is 9.97 Å². The SMILES string of the molecule is CC12CCC(C(=O)NCCc3ccccc3)(c3nc4cc([N+](=O)[O-])ccc4nc31)C2(C)C. The maximum Gasteiger partial charge on any atom is 0.271 e. The van der Waals surface area contributed by atoms with Crippen LogP contribution in [0, 0.1) is 15.5 Å². The molecule has 2 aliphatic rings. The van der Waals surface area contributed by atoms with E-state index in [1.54, 1.807) is 6.07 Å². The number of fused-ring (bicyclic) bond motifs is 6. The summed E-state index contributed by atoms with van der Waals surface area (Å²) < 4.78 is 0. The summed E-state index contributed by atoms with van der Waals surface area (Å²) in [5.41, 5.74) is 2.28. The molecule has 0 radical (unpaired) electrons. The van der Waals surface area contributed by atoms with E-state index in [0.29, 0.717) is 29.7 Å². The van der Waals surface area contributed by atoms with Crippen LogP contribution in [0.4, 0.5) is 5.69 Å². The molecule has 7 nitrogen and oxygen atoms in total. The lowest BCUT2D eigenvalue weighted by atomic mass is 9.63. The molecule has 1 fully saturated rings. The van der Waals surface area contributed by atoms with Gasteiger partial charge in [0.15, 0.2) is 0 Å². The highest BCUT2D eigenvalue weighted by atomic mass is 16.6. The first-order valence-corrected chi connectivity index (χ1v) is 11.0. The lowest BCUT2D eigenvalue weighted by Gasteiger charge is -2.39. The topological polar surface area (TPSA) is 98.0 Å². The second kappa shape index (κ2) is 6.82. The number of non-ortho nitro benzene ring substituents is 1. The van der Waals surface area contributed by atoms with Crippen molar-refractivity contribution < 1.29 is 9.72 Å². The summed E-state index contributed by atoms with van der Waals surface area (Å²) in [7, 11) is 0. The highest BCUT2D eigenvalue weighted by Gasteiger charge is 2.73. The Morgan fingerprint density at radius 2 is 1.75 bits per heavy atom. The van der Waals surface area contributed by atoms with Crippen molar-refractivity contribution in [3.05, 3.63) is 75.6 Å². The molecule has 2 atom stereocenters. The number of aromatic nitrogens is 2. The van der Waals surface area contributed by atoms with Crippen LogP contribution >= 0.6 is 0 Å². The van der Waals surface area contributed by atoms with Gasteiger partial charge < -0.3 is 5.32 Å². The molecule has 7 heteroatoms. The lowest BCUT2D eigenvalue weighted by molar-refractivity contribution is -0.384. The van der Waals surface area contributed by atoms with E-state index in [-0.39, 0.29) is 22.4 Å². The number of hydrogen-bond donors (Lipinski definition) is 1. The third kappa shape index (κ3) is 2.57. The first kappa shape index (κ1) is 20.5. The van der Waals surface area contributed by atoms with Gasteiger partial charge in [0.25, 0.3) is 5.69 Å². The monoisotopic (exact) mass is 430 g/mol. The number of carbonyl (C=O) groups is 1. The third-order valence-corrected chi connectivity index (χ3v) is 8.16. The minimum Gasteiger partial charge on any atom is -0.355 e. The zero-order chi connectivity index (χ0) is 22.7. The molecule has 0 aliphatic heterocycles. The molecule has 1 N–H and O–H groups in total. The largest absolute Gasteiger partial charge is 0.355 e. The van der Waals surface area contributed by atoms with Gasteiger partial charge in [0, 0.05) is 24.1 Å². The predicted molar refractivity (Wildman–Crippen MR) is 121 cm³/mol. The number of hydrogen-bond acceptors (Lipinski definition) is 5. The van der Waals surface area contributed by atoms with Gasteiger partial charge in [-0.15, -0.1) is 0 Å². The molecule has 2 bridgehead atoms. The molecule has 1 amide bonds. The van der Waals surface area contributed by atoms with Crippen molar-refractivity contribution in [2.75, 3.05) is 6.54 Å². The van der Waals surface area contributed by atoms with Crippen LogP contribution in [-0.2, 0) is 22.0 Å². The zero-order valence-electron chi connectivity index (χ0n) is 18.5. The van der Waals surface area contributed by atoms with Gasteiger partial charge in [0.05, 0.1) is 32.8 Å². The lowest BCUT2D eigenvalue weighted by Crippen LogP contribution is -2.51. The quantitative estimate of drug-likeness (QED) is 0.483. The van der Waals surface area contributed by atoms with E-state index >= 15 is 0 Å². The Morgan fingerprint density at radius 3 is 2.47 bits per heavy atom. The van der Waals surface area contributed by atoms with Crippen molar-refractivity contribution in [3.8, 4) is 0 Å². The van der Waals surface area contributed by atoms with Crippen LogP contribution in [0.15, 0.2) is 48.5 Å². The number of carbonyl (C=O) groups excluding carboxylic acids is 1. The van der Waals surface area contributed by atoms with Gasteiger partial charge >= 0.3 is 0 Å². The maximum atomic E-state index is 13.8. The maximum absolute atomic E-state index is 13.8. The number of amides is 1. The van der Waals surface area contributed by atoms with Crippen molar-refractivity contribution in [1.29, 1.82) is 0 Å². The molecular formula is C25H26N4O3. The van der Waals surface area contributed by atoms with Crippen LogP contribution in [0.1, 0.15) is 50.6 Å². The summed E-state index contributed by atoms with van der Waals surface area (Å²) in [6.07, 6.45) is 2.30. The predicted octanol–water partition coefficient (Wildman–Crippen LogP) is 4.23. The smallest absolute Gasteiger partial charge is 0.271 e. The Kier molecular flexibility index (Phi) is 4.38. The minimum absolute atomic E-state index is 0.0262. The number of nitrogens with one attached hydrogen (secondary N) is 1. The second-order valence-electron chi connectivity index (χ2n) is 9.70. The van der Waals surface area contributed by atoms with Crippen molar-refractivity contribution in [2.24, 2.45) is 5.41 Å². The fourth-order valence-corrected chi connectivity index (χ4v) is 5.82. The molecule has 3 aromatic rings. The van der Waals surface area contributed by atoms with Crippen LogP contribution < -0.4 is 5.32 Å². The standard InChI is InChI=1S/C25H26N4O3/c1-23(2)24(3)12-13-25(23,22(30)26-14-11-16-7-5-4-6-8-16)21-20(24)27-18-10-9-17(29(31)32)15-19(18)28-21/h4-10,15H,11-14H2,1-3H3,(H,26,30). The van der Waals surface area contributed by atoms with Gasteiger partial charge in [-0.25, -0.2) is 9.97 Å². The Morgan fingerprint density at radius 1 is 1.03 bits per heavy atom. The van der Waals surface area contributed by atoms with Crippen molar-refractivity contribution >= 4 is 22.6 Å². The Labute approximate surface area is 186 Å². The normalized spacial score (nSPS) is 25.0. The van der Waals surface area contributed by atoms with Crippen LogP contribution in [-0.4, -0.2) is 27.3 Å². The van der Waals surface area contributed by atoms with Crippen LogP contribution in [0.3, 0.4) is 0 Å². The van der Waals surface area contributed by atoms with E-state index < -0.39 is 10.3 Å². The summed E-state index contributed by atoms with van der Waals surface area (Å²) >= 11 is 0. The molecule has 1 saturated carbocycles. The highest BCUT2D eigenvalue weighted by molar-refractivity contribution is 5.93. The van der Waals surface area contributed by atoms with Crippen LogP contribution in [0.25, 0.3) is 11.0 Å². The minimum atomic E-state index is -0.806. The third-order valence-electron chi connectivity index (χ3n) is 8.16. The molecule has 0 spiro atoms. The molecule has 0 saturated heterocycles. The molecule has 1 heterocycles. The van der Waals surface area contributed by atoms with E-state index in [0.717, 1.165) is 18.5 Å². The van der Waals surface area contributed by atoms with Gasteiger partial charge in [-0.1, -0.05) is 51.1 Å². The summed E-state index contributed by atoms with van der Waals surface area (Å²) in [5.74, 6) is -0.0278. The number of nitro groups is 1. The van der Waals surface area contributed by atoms with Gasteiger partial charge in [-0.2, -0.15) is 0 Å². The van der Waals surface area contributed by atoms with E-state index in [1.165, 1.54) is 17.7 Å². The Bertz CT molecular complexity index is 1260. The van der Waals surface area contributed by atoms with Crippen LogP contribution in [0.2, 0.25) is 0 Å². The summed E-state index contributed by atoms with van der Waals surface area (Å²) in [6.45, 7) is 6.98.